The average Bonchev–Trinajstić information content (AvgIpc) is 2.95. The number of nitrogens with zero attached hydrogens (tertiary/aromatic N) is 5. The highest BCUT2D eigenvalue weighted by Crippen LogP contribution is 2.28. The Morgan fingerprint density at radius 1 is 1.20 bits per heavy atom. The number of carbonyl (C=O) groups excluding carboxylic acids is 1. The summed E-state index contributed by atoms with van der Waals surface area (Å²) in [6.45, 7) is 8.68. The van der Waals surface area contributed by atoms with E-state index in [9.17, 15) is 4.79 Å². The molecule has 1 aliphatic rings. The zero-order valence-corrected chi connectivity index (χ0v) is 15.7. The number of aryl methyl sites for hydroxylation is 1. The van der Waals surface area contributed by atoms with E-state index in [4.69, 9.17) is 0 Å². The van der Waals surface area contributed by atoms with Crippen molar-refractivity contribution in [3.8, 4) is 0 Å². The summed E-state index contributed by atoms with van der Waals surface area (Å²) in [6, 6.07) is 8.31. The number of aromatic nitrogens is 3. The average molecular weight is 341 g/mol. The van der Waals surface area contributed by atoms with Gasteiger partial charge in [-0.15, -0.1) is 10.2 Å². The van der Waals surface area contributed by atoms with E-state index >= 15 is 0 Å². The van der Waals surface area contributed by atoms with Crippen LogP contribution in [0.25, 0.3) is 0 Å². The largest absolute Gasteiger partial charge is 0.347 e. The molecule has 1 unspecified atom stereocenters. The van der Waals surface area contributed by atoms with Crippen molar-refractivity contribution in [3.05, 3.63) is 47.0 Å². The first-order valence-corrected chi connectivity index (χ1v) is 8.82. The molecule has 25 heavy (non-hydrogen) atoms. The first kappa shape index (κ1) is 17.6. The van der Waals surface area contributed by atoms with E-state index in [2.05, 4.69) is 57.8 Å². The molecule has 2 heterocycles. The molecule has 1 amide bonds. The van der Waals surface area contributed by atoms with Crippen LogP contribution in [-0.2, 0) is 17.9 Å². The van der Waals surface area contributed by atoms with Crippen molar-refractivity contribution in [1.29, 1.82) is 0 Å². The van der Waals surface area contributed by atoms with Gasteiger partial charge in [0.25, 0.3) is 0 Å². The molecular weight excluding hydrogens is 314 g/mol. The second-order valence-electron chi connectivity index (χ2n) is 7.26. The van der Waals surface area contributed by atoms with Crippen LogP contribution in [0.5, 0.6) is 0 Å². The lowest BCUT2D eigenvalue weighted by Crippen LogP contribution is -2.45. The maximum atomic E-state index is 12.8. The lowest BCUT2D eigenvalue weighted by molar-refractivity contribution is -0.136. The Balaban J connectivity index is 1.87. The summed E-state index contributed by atoms with van der Waals surface area (Å²) < 4.78 is 2.06. The van der Waals surface area contributed by atoms with Gasteiger partial charge < -0.3 is 9.47 Å². The lowest BCUT2D eigenvalue weighted by Gasteiger charge is -2.36. The molecular formula is C19H27N5O. The van der Waals surface area contributed by atoms with Crippen LogP contribution in [0.1, 0.15) is 48.6 Å². The van der Waals surface area contributed by atoms with Crippen molar-refractivity contribution in [2.75, 3.05) is 20.6 Å². The van der Waals surface area contributed by atoms with Gasteiger partial charge in [0.05, 0.1) is 0 Å². The van der Waals surface area contributed by atoms with E-state index in [0.29, 0.717) is 5.92 Å². The van der Waals surface area contributed by atoms with Crippen molar-refractivity contribution in [2.45, 2.75) is 45.8 Å². The van der Waals surface area contributed by atoms with Gasteiger partial charge in [0.2, 0.25) is 5.91 Å². The SMILES string of the molecule is Cc1nnc2n1CCN(Cc1ccc(C(C)C)cc1)C2C(=O)N(C)C. The minimum absolute atomic E-state index is 0.0483. The predicted molar refractivity (Wildman–Crippen MR) is 97.1 cm³/mol. The van der Waals surface area contributed by atoms with Gasteiger partial charge in [0.1, 0.15) is 5.82 Å². The molecule has 0 N–H and O–H groups in total. The zero-order chi connectivity index (χ0) is 18.1. The molecule has 134 valence electrons. The van der Waals surface area contributed by atoms with E-state index in [0.717, 1.165) is 31.3 Å². The summed E-state index contributed by atoms with van der Waals surface area (Å²) >= 11 is 0. The minimum atomic E-state index is -0.380. The number of rotatable bonds is 4. The van der Waals surface area contributed by atoms with Crippen LogP contribution in [0.2, 0.25) is 0 Å². The highest BCUT2D eigenvalue weighted by molar-refractivity contribution is 5.82. The molecule has 2 aromatic rings. The molecule has 0 radical (unpaired) electrons. The molecule has 1 aromatic carbocycles. The van der Waals surface area contributed by atoms with Crippen LogP contribution in [0.15, 0.2) is 24.3 Å². The van der Waals surface area contributed by atoms with Crippen molar-refractivity contribution in [2.24, 2.45) is 0 Å². The third-order valence-corrected chi connectivity index (χ3v) is 4.89. The normalized spacial score (nSPS) is 17.6. The molecule has 1 aromatic heterocycles. The molecule has 6 nitrogen and oxygen atoms in total. The first-order chi connectivity index (χ1) is 11.9. The van der Waals surface area contributed by atoms with Gasteiger partial charge >= 0.3 is 0 Å². The maximum Gasteiger partial charge on any atom is 0.247 e. The van der Waals surface area contributed by atoms with Gasteiger partial charge in [-0.05, 0) is 24.0 Å². The van der Waals surface area contributed by atoms with Gasteiger partial charge in [0, 0.05) is 33.7 Å². The monoisotopic (exact) mass is 341 g/mol. The summed E-state index contributed by atoms with van der Waals surface area (Å²) in [6.07, 6.45) is 0. The number of hydrogen-bond donors (Lipinski definition) is 0. The van der Waals surface area contributed by atoms with Crippen molar-refractivity contribution < 1.29 is 4.79 Å². The Bertz CT molecular complexity index is 748. The highest BCUT2D eigenvalue weighted by Gasteiger charge is 2.36. The van der Waals surface area contributed by atoms with E-state index in [1.165, 1.54) is 11.1 Å². The van der Waals surface area contributed by atoms with Crippen LogP contribution in [0, 0.1) is 6.92 Å². The van der Waals surface area contributed by atoms with Crippen LogP contribution in [0.4, 0.5) is 0 Å². The topological polar surface area (TPSA) is 54.3 Å². The lowest BCUT2D eigenvalue weighted by atomic mass is 10.0. The second kappa shape index (κ2) is 6.96. The number of amides is 1. The maximum absolute atomic E-state index is 12.8. The number of fused-ring (bicyclic) bond motifs is 1. The molecule has 0 aliphatic carbocycles. The molecule has 0 spiro atoms. The van der Waals surface area contributed by atoms with Crippen molar-refractivity contribution in [3.63, 3.8) is 0 Å². The molecule has 0 bridgehead atoms. The Morgan fingerprint density at radius 2 is 1.88 bits per heavy atom. The van der Waals surface area contributed by atoms with Gasteiger partial charge in [-0.3, -0.25) is 9.69 Å². The molecule has 6 heteroatoms. The van der Waals surface area contributed by atoms with Gasteiger partial charge in [-0.1, -0.05) is 38.1 Å². The summed E-state index contributed by atoms with van der Waals surface area (Å²) in [5.41, 5.74) is 2.55. The third kappa shape index (κ3) is 3.44. The molecule has 0 saturated carbocycles. The van der Waals surface area contributed by atoms with E-state index in [1.54, 1.807) is 19.0 Å². The highest BCUT2D eigenvalue weighted by atomic mass is 16.2. The molecule has 0 fully saturated rings. The molecule has 0 saturated heterocycles. The van der Waals surface area contributed by atoms with E-state index in [1.807, 2.05) is 6.92 Å². The first-order valence-electron chi connectivity index (χ1n) is 8.82. The number of likely N-dealkylation sites (N-methyl/N-ethyl adjacent to an activating group) is 1. The fourth-order valence-corrected chi connectivity index (χ4v) is 3.32. The summed E-state index contributed by atoms with van der Waals surface area (Å²) in [7, 11) is 3.58. The number of carbonyl (C=O) groups is 1. The van der Waals surface area contributed by atoms with E-state index < -0.39 is 0 Å². The number of hydrogen-bond acceptors (Lipinski definition) is 4. The van der Waals surface area contributed by atoms with E-state index in [-0.39, 0.29) is 11.9 Å². The minimum Gasteiger partial charge on any atom is -0.347 e. The summed E-state index contributed by atoms with van der Waals surface area (Å²) in [5.74, 6) is 2.19. The van der Waals surface area contributed by atoms with Crippen LogP contribution < -0.4 is 0 Å². The molecule has 3 rings (SSSR count). The molecule has 1 aliphatic heterocycles. The third-order valence-electron chi connectivity index (χ3n) is 4.89. The smallest absolute Gasteiger partial charge is 0.247 e. The van der Waals surface area contributed by atoms with Gasteiger partial charge in [-0.25, -0.2) is 0 Å². The van der Waals surface area contributed by atoms with Crippen LogP contribution in [-0.4, -0.2) is 51.1 Å². The quantitative estimate of drug-likeness (QED) is 0.857. The predicted octanol–water partition coefficient (Wildman–Crippen LogP) is 2.36. The fraction of sp³-hybridized carbons (Fsp3) is 0.526. The fourth-order valence-electron chi connectivity index (χ4n) is 3.32. The second-order valence-corrected chi connectivity index (χ2v) is 7.26. The zero-order valence-electron chi connectivity index (χ0n) is 15.7. The van der Waals surface area contributed by atoms with Crippen LogP contribution >= 0.6 is 0 Å². The Kier molecular flexibility index (Phi) is 4.90. The molecule has 1 atom stereocenters. The Hall–Kier alpha value is -2.21. The van der Waals surface area contributed by atoms with Gasteiger partial charge in [-0.2, -0.15) is 0 Å². The van der Waals surface area contributed by atoms with Gasteiger partial charge in [0.15, 0.2) is 11.9 Å². The Morgan fingerprint density at radius 3 is 2.48 bits per heavy atom. The summed E-state index contributed by atoms with van der Waals surface area (Å²) in [5, 5.41) is 8.47. The number of benzene rings is 1. The standard InChI is InChI=1S/C19H27N5O/c1-13(2)16-8-6-15(7-9-16)12-23-10-11-24-14(3)20-21-18(24)17(23)19(25)22(4)5/h6-9,13,17H,10-12H2,1-5H3. The van der Waals surface area contributed by atoms with Crippen molar-refractivity contribution >= 4 is 5.91 Å². The van der Waals surface area contributed by atoms with Crippen LogP contribution in [0.3, 0.4) is 0 Å². The summed E-state index contributed by atoms with van der Waals surface area (Å²) in [4.78, 5) is 16.7. The Labute approximate surface area is 149 Å². The van der Waals surface area contributed by atoms with Crippen molar-refractivity contribution in [1.82, 2.24) is 24.6 Å².